The van der Waals surface area contributed by atoms with Gasteiger partial charge in [-0.2, -0.15) is 0 Å². The van der Waals surface area contributed by atoms with Crippen molar-refractivity contribution in [2.75, 3.05) is 25.0 Å². The molecule has 6 rings (SSSR count). The summed E-state index contributed by atoms with van der Waals surface area (Å²) in [5.74, 6) is 0.439. The number of amides is 2. The van der Waals surface area contributed by atoms with Gasteiger partial charge >= 0.3 is 0 Å². The quantitative estimate of drug-likeness (QED) is 0.442. The van der Waals surface area contributed by atoms with E-state index in [0.717, 1.165) is 38.5 Å². The molecule has 2 saturated heterocycles. The summed E-state index contributed by atoms with van der Waals surface area (Å²) < 4.78 is 6.92. The van der Waals surface area contributed by atoms with Gasteiger partial charge in [0.05, 0.1) is 36.5 Å². The van der Waals surface area contributed by atoms with Crippen molar-refractivity contribution in [3.63, 3.8) is 0 Å². The van der Waals surface area contributed by atoms with Gasteiger partial charge < -0.3 is 20.1 Å². The van der Waals surface area contributed by atoms with Gasteiger partial charge in [0.25, 0.3) is 5.56 Å². The Morgan fingerprint density at radius 2 is 1.81 bits per heavy atom. The maximum Gasteiger partial charge on any atom is 0.280 e. The van der Waals surface area contributed by atoms with Crippen LogP contribution in [-0.4, -0.2) is 67.8 Å². The molecule has 222 valence electrons. The van der Waals surface area contributed by atoms with Gasteiger partial charge in [-0.25, -0.2) is 9.97 Å². The van der Waals surface area contributed by atoms with E-state index >= 15 is 0 Å². The van der Waals surface area contributed by atoms with Crippen molar-refractivity contribution in [3.8, 4) is 0 Å². The first kappa shape index (κ1) is 28.5. The number of rotatable bonds is 7. The lowest BCUT2D eigenvalue weighted by Crippen LogP contribution is -2.51. The third kappa shape index (κ3) is 6.24. The summed E-state index contributed by atoms with van der Waals surface area (Å²) in [7, 11) is 0. The highest BCUT2D eigenvalue weighted by atomic mass is 16.5. The van der Waals surface area contributed by atoms with Crippen LogP contribution < -0.4 is 10.9 Å². The highest BCUT2D eigenvalue weighted by molar-refractivity contribution is 5.91. The van der Waals surface area contributed by atoms with E-state index in [0.29, 0.717) is 38.1 Å². The summed E-state index contributed by atoms with van der Waals surface area (Å²) in [5, 5.41) is 14.2. The Labute approximate surface area is 245 Å². The van der Waals surface area contributed by atoms with Crippen molar-refractivity contribution < 1.29 is 19.4 Å². The van der Waals surface area contributed by atoms with Crippen LogP contribution in [0.3, 0.4) is 0 Å². The molecule has 10 heteroatoms. The summed E-state index contributed by atoms with van der Waals surface area (Å²) >= 11 is 0. The molecule has 1 saturated carbocycles. The topological polar surface area (TPSA) is 127 Å². The number of anilines is 1. The van der Waals surface area contributed by atoms with E-state index in [1.165, 1.54) is 16.5 Å². The molecule has 3 aliphatic rings. The lowest BCUT2D eigenvalue weighted by molar-refractivity contribution is -0.142. The van der Waals surface area contributed by atoms with Crippen molar-refractivity contribution >= 4 is 28.7 Å². The molecule has 3 aromatic rings. The van der Waals surface area contributed by atoms with Crippen LogP contribution in [0.15, 0.2) is 53.6 Å². The highest BCUT2D eigenvalue weighted by Gasteiger charge is 2.39. The standard InChI is InChI=1S/C32H39N5O5/c38-28(19-23-9-6-18-42-23)34-27-13-12-26-29(35-27)31(40)37(21-33-26)20-32(41)14-16-36(17-15-32)30(39)25-11-5-4-10-24(25)22-7-2-1-3-8-22/h1-3,7-8,12-13,21,23-25,41H,4-6,9-11,14-20H2,(H,34,35,38)/t23?,24-,25+/m0/s1. The molecule has 1 aliphatic carbocycles. The third-order valence-corrected chi connectivity index (χ3v) is 9.16. The predicted molar refractivity (Wildman–Crippen MR) is 158 cm³/mol. The Kier molecular flexibility index (Phi) is 8.35. The zero-order valence-electron chi connectivity index (χ0n) is 23.9. The number of nitrogens with one attached hydrogen (secondary N) is 1. The van der Waals surface area contributed by atoms with Crippen LogP contribution in [0, 0.1) is 5.92 Å². The zero-order chi connectivity index (χ0) is 29.1. The van der Waals surface area contributed by atoms with E-state index in [1.54, 1.807) is 12.1 Å². The minimum absolute atomic E-state index is 0.0360. The van der Waals surface area contributed by atoms with Crippen molar-refractivity contribution in [3.05, 3.63) is 64.7 Å². The Morgan fingerprint density at radius 3 is 2.57 bits per heavy atom. The van der Waals surface area contributed by atoms with Crippen molar-refractivity contribution in [1.82, 2.24) is 19.4 Å². The van der Waals surface area contributed by atoms with Gasteiger partial charge in [-0.1, -0.05) is 43.2 Å². The van der Waals surface area contributed by atoms with Gasteiger partial charge in [0.1, 0.15) is 5.82 Å². The fourth-order valence-corrected chi connectivity index (χ4v) is 6.80. The van der Waals surface area contributed by atoms with Gasteiger partial charge in [-0.05, 0) is 62.1 Å². The normalized spacial score (nSPS) is 24.0. The second-order valence-corrected chi connectivity index (χ2v) is 12.1. The molecule has 42 heavy (non-hydrogen) atoms. The maximum atomic E-state index is 13.6. The molecule has 0 spiro atoms. The number of hydrogen-bond donors (Lipinski definition) is 2. The minimum atomic E-state index is -1.14. The predicted octanol–water partition coefficient (Wildman–Crippen LogP) is 3.63. The van der Waals surface area contributed by atoms with Crippen molar-refractivity contribution in [1.29, 1.82) is 0 Å². The first-order valence-electron chi connectivity index (χ1n) is 15.2. The molecular formula is C32H39N5O5. The monoisotopic (exact) mass is 573 g/mol. The van der Waals surface area contributed by atoms with Gasteiger partial charge in [0.15, 0.2) is 5.52 Å². The van der Waals surface area contributed by atoms with Crippen LogP contribution in [0.1, 0.15) is 69.3 Å². The molecule has 3 fully saturated rings. The molecule has 3 atom stereocenters. The summed E-state index contributed by atoms with van der Waals surface area (Å²) in [4.78, 5) is 50.1. The Balaban J connectivity index is 1.10. The average Bonchev–Trinajstić information content (AvgIpc) is 3.52. The maximum absolute atomic E-state index is 13.6. The second-order valence-electron chi connectivity index (χ2n) is 12.1. The zero-order valence-corrected chi connectivity index (χ0v) is 23.9. The summed E-state index contributed by atoms with van der Waals surface area (Å²) in [6.07, 6.45) is 8.26. The summed E-state index contributed by atoms with van der Waals surface area (Å²) in [6.45, 7) is 1.63. The Morgan fingerprint density at radius 1 is 1.02 bits per heavy atom. The van der Waals surface area contributed by atoms with Crippen LogP contribution in [0.4, 0.5) is 5.82 Å². The number of benzene rings is 1. The van der Waals surface area contributed by atoms with E-state index in [2.05, 4.69) is 27.4 Å². The number of pyridine rings is 1. The van der Waals surface area contributed by atoms with Crippen LogP contribution >= 0.6 is 0 Å². The smallest absolute Gasteiger partial charge is 0.280 e. The second kappa shape index (κ2) is 12.3. The first-order valence-corrected chi connectivity index (χ1v) is 15.2. The number of carbonyl (C=O) groups is 2. The van der Waals surface area contributed by atoms with Gasteiger partial charge in [0.2, 0.25) is 11.8 Å². The molecule has 2 aromatic heterocycles. The Hall–Kier alpha value is -3.63. The number of aliphatic hydroxyl groups is 1. The van der Waals surface area contributed by atoms with E-state index in [4.69, 9.17) is 4.74 Å². The molecule has 10 nitrogen and oxygen atoms in total. The lowest BCUT2D eigenvalue weighted by Gasteiger charge is -2.41. The fraction of sp³-hybridized carbons (Fsp3) is 0.531. The minimum Gasteiger partial charge on any atom is -0.388 e. The van der Waals surface area contributed by atoms with Gasteiger partial charge in [-0.3, -0.25) is 19.0 Å². The van der Waals surface area contributed by atoms with E-state index in [9.17, 15) is 19.5 Å². The molecule has 2 amide bonds. The largest absolute Gasteiger partial charge is 0.388 e. The Bertz CT molecular complexity index is 1480. The number of nitrogens with zero attached hydrogens (tertiary/aromatic N) is 4. The first-order chi connectivity index (χ1) is 20.4. The molecule has 1 unspecified atom stereocenters. The molecule has 0 bridgehead atoms. The number of ether oxygens (including phenoxy) is 1. The molecule has 4 heterocycles. The number of aromatic nitrogens is 3. The van der Waals surface area contributed by atoms with Crippen molar-refractivity contribution in [2.24, 2.45) is 5.92 Å². The summed E-state index contributed by atoms with van der Waals surface area (Å²) in [6, 6.07) is 13.6. The van der Waals surface area contributed by atoms with Crippen LogP contribution in [-0.2, 0) is 20.9 Å². The lowest BCUT2D eigenvalue weighted by atomic mass is 9.74. The van der Waals surface area contributed by atoms with Crippen LogP contribution in [0.2, 0.25) is 0 Å². The average molecular weight is 574 g/mol. The van der Waals surface area contributed by atoms with Gasteiger partial charge in [0, 0.05) is 25.6 Å². The molecule has 2 N–H and O–H groups in total. The highest BCUT2D eigenvalue weighted by Crippen LogP contribution is 2.39. The molecular weight excluding hydrogens is 534 g/mol. The number of hydrogen-bond acceptors (Lipinski definition) is 7. The summed E-state index contributed by atoms with van der Waals surface area (Å²) in [5.41, 5.74) is 0.254. The molecule has 1 aromatic carbocycles. The van der Waals surface area contributed by atoms with E-state index in [1.807, 2.05) is 23.1 Å². The third-order valence-electron chi connectivity index (χ3n) is 9.16. The van der Waals surface area contributed by atoms with Gasteiger partial charge in [-0.15, -0.1) is 0 Å². The number of fused-ring (bicyclic) bond motifs is 1. The number of piperidine rings is 1. The molecule has 0 radical (unpaired) electrons. The van der Waals surface area contributed by atoms with Crippen molar-refractivity contribution in [2.45, 2.75) is 82.0 Å². The van der Waals surface area contributed by atoms with E-state index in [-0.39, 0.29) is 59.6 Å². The fourth-order valence-electron chi connectivity index (χ4n) is 6.80. The number of carbonyl (C=O) groups excluding carboxylic acids is 2. The van der Waals surface area contributed by atoms with Crippen LogP contribution in [0.5, 0.6) is 0 Å². The van der Waals surface area contributed by atoms with E-state index < -0.39 is 5.60 Å². The SMILES string of the molecule is O=C(CC1CCCO1)Nc1ccc2ncn(CC3(O)CCN(C(=O)[C@@H]4CCCC[C@H]4c4ccccc4)CC3)c(=O)c2n1. The number of likely N-dealkylation sites (tertiary alicyclic amines) is 1. The van der Waals surface area contributed by atoms with Crippen LogP contribution in [0.25, 0.3) is 11.0 Å². The molecule has 2 aliphatic heterocycles.